The van der Waals surface area contributed by atoms with Gasteiger partial charge in [-0.2, -0.15) is 0 Å². The molecule has 2 rings (SSSR count). The molecule has 0 heterocycles. The van der Waals surface area contributed by atoms with Crippen LogP contribution in [-0.2, 0) is 6.54 Å². The lowest BCUT2D eigenvalue weighted by Crippen LogP contribution is -2.42. The van der Waals surface area contributed by atoms with Gasteiger partial charge in [-0.05, 0) is 48.3 Å². The van der Waals surface area contributed by atoms with Gasteiger partial charge < -0.3 is 5.32 Å². The van der Waals surface area contributed by atoms with Crippen LogP contribution in [0.3, 0.4) is 0 Å². The van der Waals surface area contributed by atoms with Crippen molar-refractivity contribution >= 4 is 27.5 Å². The van der Waals surface area contributed by atoms with Crippen molar-refractivity contribution < 1.29 is 0 Å². The molecule has 0 radical (unpaired) electrons. The highest BCUT2D eigenvalue weighted by molar-refractivity contribution is 9.10. The summed E-state index contributed by atoms with van der Waals surface area (Å²) in [6, 6.07) is 6.69. The topological polar surface area (TPSA) is 12.0 Å². The third kappa shape index (κ3) is 4.22. The van der Waals surface area contributed by atoms with Crippen LogP contribution in [0.4, 0.5) is 0 Å². The minimum atomic E-state index is 0.640. The van der Waals surface area contributed by atoms with Crippen molar-refractivity contribution in [2.24, 2.45) is 17.8 Å². The molecule has 0 spiro atoms. The predicted octanol–water partition coefficient (Wildman–Crippen LogP) is 5.65. The standard InChI is InChI=1S/C17H25BrClN/c1-11(2)15-7-4-12(3)8-17(15)20-10-13-5-6-14(19)9-16(13)18/h5-6,9,11-12,15,17,20H,4,7-8,10H2,1-3H3. The van der Waals surface area contributed by atoms with Gasteiger partial charge in [0, 0.05) is 22.1 Å². The van der Waals surface area contributed by atoms with E-state index in [2.05, 4.69) is 48.1 Å². The van der Waals surface area contributed by atoms with Crippen molar-refractivity contribution in [1.29, 1.82) is 0 Å². The molecule has 3 unspecified atom stereocenters. The van der Waals surface area contributed by atoms with Crippen LogP contribution < -0.4 is 5.32 Å². The first-order valence-electron chi connectivity index (χ1n) is 7.64. The summed E-state index contributed by atoms with van der Waals surface area (Å²) in [6.45, 7) is 8.00. The van der Waals surface area contributed by atoms with Crippen LogP contribution >= 0.6 is 27.5 Å². The largest absolute Gasteiger partial charge is 0.310 e. The molecule has 0 amide bonds. The lowest BCUT2D eigenvalue weighted by molar-refractivity contribution is 0.169. The average Bonchev–Trinajstić information content (AvgIpc) is 2.37. The Hall–Kier alpha value is -0.0500. The molecule has 1 aromatic rings. The Balaban J connectivity index is 2.00. The van der Waals surface area contributed by atoms with Gasteiger partial charge in [0.25, 0.3) is 0 Å². The summed E-state index contributed by atoms with van der Waals surface area (Å²) in [5.41, 5.74) is 1.29. The van der Waals surface area contributed by atoms with E-state index in [4.69, 9.17) is 11.6 Å². The lowest BCUT2D eigenvalue weighted by Gasteiger charge is -2.38. The Morgan fingerprint density at radius 2 is 2.10 bits per heavy atom. The normalized spacial score (nSPS) is 27.0. The van der Waals surface area contributed by atoms with Crippen LogP contribution in [0.25, 0.3) is 0 Å². The van der Waals surface area contributed by atoms with Crippen LogP contribution in [0, 0.1) is 17.8 Å². The summed E-state index contributed by atoms with van der Waals surface area (Å²) >= 11 is 9.60. The quantitative estimate of drug-likeness (QED) is 0.733. The van der Waals surface area contributed by atoms with Gasteiger partial charge in [0.15, 0.2) is 0 Å². The van der Waals surface area contributed by atoms with Crippen molar-refractivity contribution in [3.05, 3.63) is 33.3 Å². The second kappa shape index (κ2) is 7.29. The molecule has 112 valence electrons. The summed E-state index contributed by atoms with van der Waals surface area (Å²) in [4.78, 5) is 0. The summed E-state index contributed by atoms with van der Waals surface area (Å²) in [5, 5.41) is 4.57. The molecule has 1 fully saturated rings. The maximum atomic E-state index is 6.00. The van der Waals surface area contributed by atoms with Crippen LogP contribution in [0.15, 0.2) is 22.7 Å². The van der Waals surface area contributed by atoms with Gasteiger partial charge >= 0.3 is 0 Å². The summed E-state index contributed by atoms with van der Waals surface area (Å²) in [5.74, 6) is 2.40. The Kier molecular flexibility index (Phi) is 5.95. The van der Waals surface area contributed by atoms with Crippen LogP contribution in [-0.4, -0.2) is 6.04 Å². The monoisotopic (exact) mass is 357 g/mol. The molecular weight excluding hydrogens is 334 g/mol. The van der Waals surface area contributed by atoms with E-state index in [0.29, 0.717) is 6.04 Å². The van der Waals surface area contributed by atoms with Crippen molar-refractivity contribution in [2.75, 3.05) is 0 Å². The number of nitrogens with one attached hydrogen (secondary N) is 1. The molecule has 3 heteroatoms. The number of halogens is 2. The second-order valence-corrected chi connectivity index (χ2v) is 7.84. The van der Waals surface area contributed by atoms with Gasteiger partial charge in [0.2, 0.25) is 0 Å². The summed E-state index contributed by atoms with van der Waals surface area (Å²) < 4.78 is 1.10. The smallest absolute Gasteiger partial charge is 0.0417 e. The van der Waals surface area contributed by atoms with E-state index in [1.165, 1.54) is 24.8 Å². The molecule has 1 aliphatic rings. The second-order valence-electron chi connectivity index (χ2n) is 6.55. The van der Waals surface area contributed by atoms with Gasteiger partial charge in [0.05, 0.1) is 0 Å². The van der Waals surface area contributed by atoms with Crippen molar-refractivity contribution in [3.63, 3.8) is 0 Å². The first kappa shape index (κ1) is 16.3. The molecule has 1 aromatic carbocycles. The Labute approximate surface area is 136 Å². The Bertz CT molecular complexity index is 447. The fraction of sp³-hybridized carbons (Fsp3) is 0.647. The van der Waals surface area contributed by atoms with Gasteiger partial charge in [0.1, 0.15) is 0 Å². The molecule has 1 saturated carbocycles. The number of benzene rings is 1. The zero-order chi connectivity index (χ0) is 14.7. The number of hydrogen-bond acceptors (Lipinski definition) is 1. The zero-order valence-corrected chi connectivity index (χ0v) is 15.0. The molecule has 1 N–H and O–H groups in total. The molecular formula is C17H25BrClN. The third-order valence-electron chi connectivity index (χ3n) is 4.59. The van der Waals surface area contributed by atoms with E-state index in [1.54, 1.807) is 0 Å². The van der Waals surface area contributed by atoms with Crippen LogP contribution in [0.2, 0.25) is 5.02 Å². The first-order valence-corrected chi connectivity index (χ1v) is 8.81. The van der Waals surface area contributed by atoms with E-state index >= 15 is 0 Å². The molecule has 0 aromatic heterocycles. The maximum Gasteiger partial charge on any atom is 0.0417 e. The zero-order valence-electron chi connectivity index (χ0n) is 12.6. The lowest BCUT2D eigenvalue weighted by atomic mass is 9.74. The van der Waals surface area contributed by atoms with Crippen LogP contribution in [0.5, 0.6) is 0 Å². The molecule has 1 nitrogen and oxygen atoms in total. The minimum absolute atomic E-state index is 0.640. The highest BCUT2D eigenvalue weighted by atomic mass is 79.9. The molecule has 0 aliphatic heterocycles. The third-order valence-corrected chi connectivity index (χ3v) is 5.57. The molecule has 0 saturated heterocycles. The van der Waals surface area contributed by atoms with Crippen molar-refractivity contribution in [3.8, 4) is 0 Å². The van der Waals surface area contributed by atoms with Crippen LogP contribution in [0.1, 0.15) is 45.6 Å². The molecule has 0 bridgehead atoms. The number of rotatable bonds is 4. The van der Waals surface area contributed by atoms with Crippen molar-refractivity contribution in [2.45, 2.75) is 52.6 Å². The Morgan fingerprint density at radius 1 is 1.35 bits per heavy atom. The number of hydrogen-bond donors (Lipinski definition) is 1. The van der Waals surface area contributed by atoms with Gasteiger partial charge in [-0.25, -0.2) is 0 Å². The van der Waals surface area contributed by atoms with E-state index in [-0.39, 0.29) is 0 Å². The van der Waals surface area contributed by atoms with Gasteiger partial charge in [-0.1, -0.05) is 60.8 Å². The van der Waals surface area contributed by atoms with E-state index in [9.17, 15) is 0 Å². The van der Waals surface area contributed by atoms with Gasteiger partial charge in [-0.15, -0.1) is 0 Å². The predicted molar refractivity (Wildman–Crippen MR) is 91.1 cm³/mol. The average molecular weight is 359 g/mol. The SMILES string of the molecule is CC1CCC(C(C)C)C(NCc2ccc(Cl)cc2Br)C1. The van der Waals surface area contributed by atoms with E-state index in [1.807, 2.05) is 12.1 Å². The highest BCUT2D eigenvalue weighted by Gasteiger charge is 2.30. The van der Waals surface area contributed by atoms with Gasteiger partial charge in [-0.3, -0.25) is 0 Å². The van der Waals surface area contributed by atoms with E-state index < -0.39 is 0 Å². The summed E-state index contributed by atoms with van der Waals surface area (Å²) in [7, 11) is 0. The molecule has 1 aliphatic carbocycles. The summed E-state index contributed by atoms with van der Waals surface area (Å²) in [6.07, 6.45) is 4.04. The van der Waals surface area contributed by atoms with Crippen molar-refractivity contribution in [1.82, 2.24) is 5.32 Å². The maximum absolute atomic E-state index is 6.00. The highest BCUT2D eigenvalue weighted by Crippen LogP contribution is 2.34. The first-order chi connectivity index (χ1) is 9.47. The minimum Gasteiger partial charge on any atom is -0.310 e. The molecule has 3 atom stereocenters. The fourth-order valence-corrected chi connectivity index (χ4v) is 4.17. The molecule has 20 heavy (non-hydrogen) atoms. The Morgan fingerprint density at radius 3 is 2.75 bits per heavy atom. The van der Waals surface area contributed by atoms with E-state index in [0.717, 1.165) is 33.8 Å². The fourth-order valence-electron chi connectivity index (χ4n) is 3.34.